The van der Waals surface area contributed by atoms with E-state index in [0.717, 1.165) is 22.7 Å². The van der Waals surface area contributed by atoms with Gasteiger partial charge in [-0.25, -0.2) is 24.5 Å². The van der Waals surface area contributed by atoms with Crippen LogP contribution in [0.3, 0.4) is 0 Å². The number of hydrogen-bond acceptors (Lipinski definition) is 7. The molecule has 1 atom stereocenters. The Morgan fingerprint density at radius 2 is 1.97 bits per heavy atom. The van der Waals surface area contributed by atoms with E-state index in [4.69, 9.17) is 9.47 Å². The third-order valence-electron chi connectivity index (χ3n) is 4.56. The fourth-order valence-corrected chi connectivity index (χ4v) is 4.94. The monoisotopic (exact) mass is 575 g/mol. The van der Waals surface area contributed by atoms with Gasteiger partial charge < -0.3 is 14.6 Å². The maximum absolute atomic E-state index is 14.7. The number of amidine groups is 1. The van der Waals surface area contributed by atoms with E-state index < -0.39 is 37.2 Å². The number of carboxylic acid groups (broad SMARTS) is 1. The van der Waals surface area contributed by atoms with Gasteiger partial charge in [0.05, 0.1) is 4.91 Å². The zero-order valence-electron chi connectivity index (χ0n) is 20.4. The summed E-state index contributed by atoms with van der Waals surface area (Å²) in [6.07, 6.45) is 1.90. The Morgan fingerprint density at radius 3 is 2.53 bits per heavy atom. The topological polar surface area (TPSA) is 101 Å². The predicted molar refractivity (Wildman–Crippen MR) is 137 cm³/mol. The molecule has 1 aromatic heterocycles. The van der Waals surface area contributed by atoms with Crippen molar-refractivity contribution in [3.05, 3.63) is 39.2 Å². The Hall–Kier alpha value is -1.76. The molecule has 0 radical (unpaired) electrons. The molecule has 0 saturated carbocycles. The van der Waals surface area contributed by atoms with E-state index in [1.807, 2.05) is 0 Å². The number of hydrogen-bond donors (Lipinski definition) is 1. The number of rotatable bonds is 7. The van der Waals surface area contributed by atoms with E-state index in [1.165, 1.54) is 18.3 Å². The van der Waals surface area contributed by atoms with Crippen LogP contribution in [0.5, 0.6) is 0 Å². The van der Waals surface area contributed by atoms with Gasteiger partial charge in [-0.2, -0.15) is 4.39 Å². The van der Waals surface area contributed by atoms with E-state index in [1.54, 1.807) is 27.7 Å². The molecule has 0 bridgehead atoms. The molecular formula is C22H31BrFN3O5SSi. The minimum atomic E-state index is -1.44. The normalized spacial score (nSPS) is 18.7. The number of aliphatic carboxylic acids is 1. The molecule has 34 heavy (non-hydrogen) atoms. The van der Waals surface area contributed by atoms with Crippen LogP contribution in [-0.2, 0) is 19.8 Å². The lowest BCUT2D eigenvalue weighted by atomic mass is 9.93. The maximum atomic E-state index is 14.7. The lowest BCUT2D eigenvalue weighted by molar-refractivity contribution is -0.131. The molecule has 0 spiro atoms. The third-order valence-corrected chi connectivity index (χ3v) is 7.71. The van der Waals surface area contributed by atoms with Crippen molar-refractivity contribution in [2.45, 2.75) is 64.5 Å². The van der Waals surface area contributed by atoms with E-state index in [9.17, 15) is 19.1 Å². The number of amides is 1. The standard InChI is InChI=1S/C22H31BrFN3O5SSi/c1-21(2,3)32-20(30)27(13-31-8-9-34(5,6)7)19-26-22(4,11-16(33-19)18(28)29)15-10-14(23)12-25-17(15)24/h10-12H,8-9,13H2,1-7H3,(H,28,29). The average Bonchev–Trinajstić information content (AvgIpc) is 2.67. The van der Waals surface area contributed by atoms with Crippen LogP contribution in [0.4, 0.5) is 9.18 Å². The van der Waals surface area contributed by atoms with Crippen LogP contribution in [0.25, 0.3) is 0 Å². The molecule has 0 aromatic carbocycles. The highest BCUT2D eigenvalue weighted by Crippen LogP contribution is 2.40. The zero-order valence-corrected chi connectivity index (χ0v) is 23.8. The summed E-state index contributed by atoms with van der Waals surface area (Å²) in [5, 5.41) is 9.78. The summed E-state index contributed by atoms with van der Waals surface area (Å²) in [7, 11) is -1.37. The van der Waals surface area contributed by atoms with Gasteiger partial charge in [0.2, 0.25) is 5.95 Å². The van der Waals surface area contributed by atoms with Gasteiger partial charge in [0.25, 0.3) is 0 Å². The zero-order chi connectivity index (χ0) is 25.9. The van der Waals surface area contributed by atoms with Crippen molar-refractivity contribution < 1.29 is 28.6 Å². The molecule has 2 heterocycles. The molecule has 1 amide bonds. The number of aromatic nitrogens is 1. The summed E-state index contributed by atoms with van der Waals surface area (Å²) in [5.41, 5.74) is -2.18. The van der Waals surface area contributed by atoms with Crippen molar-refractivity contribution in [3.63, 3.8) is 0 Å². The molecule has 1 N–H and O–H groups in total. The van der Waals surface area contributed by atoms with Crippen molar-refractivity contribution in [2.24, 2.45) is 4.99 Å². The molecule has 1 unspecified atom stereocenters. The molecule has 12 heteroatoms. The predicted octanol–water partition coefficient (Wildman–Crippen LogP) is 5.82. The molecular weight excluding hydrogens is 545 g/mol. The van der Waals surface area contributed by atoms with E-state index in [0.29, 0.717) is 11.1 Å². The quantitative estimate of drug-likeness (QED) is 0.189. The number of thioether (sulfide) groups is 1. The fraction of sp³-hybridized carbons (Fsp3) is 0.545. The van der Waals surface area contributed by atoms with Crippen LogP contribution in [0.1, 0.15) is 33.3 Å². The van der Waals surface area contributed by atoms with Crippen molar-refractivity contribution in [2.75, 3.05) is 13.3 Å². The number of pyridine rings is 1. The molecule has 1 aromatic rings. The maximum Gasteiger partial charge on any atom is 0.418 e. The van der Waals surface area contributed by atoms with Gasteiger partial charge >= 0.3 is 12.1 Å². The Kier molecular flexibility index (Phi) is 9.11. The van der Waals surface area contributed by atoms with Gasteiger partial charge in [-0.3, -0.25) is 0 Å². The van der Waals surface area contributed by atoms with Crippen LogP contribution in [0.2, 0.25) is 25.7 Å². The van der Waals surface area contributed by atoms with Crippen LogP contribution < -0.4 is 0 Å². The Morgan fingerprint density at radius 1 is 1.32 bits per heavy atom. The Labute approximate surface area is 213 Å². The van der Waals surface area contributed by atoms with Gasteiger partial charge in [-0.05, 0) is 73.6 Å². The van der Waals surface area contributed by atoms with Gasteiger partial charge in [0.15, 0.2) is 5.17 Å². The van der Waals surface area contributed by atoms with Crippen LogP contribution in [0.15, 0.2) is 32.7 Å². The first kappa shape index (κ1) is 28.5. The summed E-state index contributed by atoms with van der Waals surface area (Å²) >= 11 is 4.05. The number of nitrogens with zero attached hydrogens (tertiary/aromatic N) is 3. The Bertz CT molecular complexity index is 1010. The lowest BCUT2D eigenvalue weighted by Gasteiger charge is -2.33. The number of ether oxygens (including phenoxy) is 2. The van der Waals surface area contributed by atoms with Gasteiger partial charge in [-0.1, -0.05) is 19.6 Å². The molecule has 0 saturated heterocycles. The Balaban J connectivity index is 2.50. The molecule has 1 aliphatic rings. The second-order valence-electron chi connectivity index (χ2n) is 10.2. The summed E-state index contributed by atoms with van der Waals surface area (Å²) in [6, 6.07) is 2.36. The first-order valence-corrected chi connectivity index (χ1v) is 16.0. The second-order valence-corrected chi connectivity index (χ2v) is 17.8. The third kappa shape index (κ3) is 8.17. The van der Waals surface area contributed by atoms with E-state index >= 15 is 0 Å². The molecule has 1 aliphatic heterocycles. The van der Waals surface area contributed by atoms with Crippen LogP contribution >= 0.6 is 27.7 Å². The van der Waals surface area contributed by atoms with Gasteiger partial charge in [-0.15, -0.1) is 0 Å². The highest BCUT2D eigenvalue weighted by atomic mass is 79.9. The highest BCUT2D eigenvalue weighted by Gasteiger charge is 2.38. The molecule has 0 aliphatic carbocycles. The first-order valence-electron chi connectivity index (χ1n) is 10.6. The van der Waals surface area contributed by atoms with E-state index in [2.05, 4.69) is 45.5 Å². The van der Waals surface area contributed by atoms with Gasteiger partial charge in [0, 0.05) is 30.9 Å². The summed E-state index contributed by atoms with van der Waals surface area (Å²) < 4.78 is 26.5. The van der Waals surface area contributed by atoms with Crippen molar-refractivity contribution in [1.82, 2.24) is 9.88 Å². The highest BCUT2D eigenvalue weighted by molar-refractivity contribution is 9.10. The number of carboxylic acids is 1. The van der Waals surface area contributed by atoms with Crippen molar-refractivity contribution in [3.8, 4) is 0 Å². The molecule has 8 nitrogen and oxygen atoms in total. The lowest BCUT2D eigenvalue weighted by Crippen LogP contribution is -2.43. The SMILES string of the molecule is CC(C)(C)OC(=O)N(COCC[Si](C)(C)C)C1=NC(C)(c2cc(Br)cnc2F)C=C(C(=O)O)S1. The fourth-order valence-electron chi connectivity index (χ4n) is 2.81. The minimum absolute atomic E-state index is 0.0315. The first-order chi connectivity index (χ1) is 15.5. The second kappa shape index (κ2) is 10.9. The smallest absolute Gasteiger partial charge is 0.418 e. The number of halogens is 2. The molecule has 0 fully saturated rings. The molecule has 2 rings (SSSR count). The van der Waals surface area contributed by atoms with E-state index in [-0.39, 0.29) is 22.4 Å². The largest absolute Gasteiger partial charge is 0.477 e. The summed E-state index contributed by atoms with van der Waals surface area (Å²) in [4.78, 5) is 34.4. The summed E-state index contributed by atoms with van der Waals surface area (Å²) in [5.74, 6) is -2.02. The van der Waals surface area contributed by atoms with Crippen molar-refractivity contribution in [1.29, 1.82) is 0 Å². The number of aliphatic imine (C=N–C) groups is 1. The van der Waals surface area contributed by atoms with Crippen LogP contribution in [-0.4, -0.2) is 59.2 Å². The average molecular weight is 577 g/mol. The number of carbonyl (C=O) groups is 2. The minimum Gasteiger partial charge on any atom is -0.477 e. The molecule has 188 valence electrons. The number of carbonyl (C=O) groups excluding carboxylic acids is 1. The van der Waals surface area contributed by atoms with Gasteiger partial charge in [0.1, 0.15) is 17.9 Å². The van der Waals surface area contributed by atoms with Crippen LogP contribution in [0, 0.1) is 5.95 Å². The van der Waals surface area contributed by atoms with Crippen molar-refractivity contribution >= 4 is 53.0 Å². The summed E-state index contributed by atoms with van der Waals surface area (Å²) in [6.45, 7) is 13.6.